The van der Waals surface area contributed by atoms with Crippen LogP contribution in [0, 0.1) is 5.41 Å². The number of fused-ring (bicyclic) bond motifs is 1. The first-order valence-corrected chi connectivity index (χ1v) is 9.20. The lowest BCUT2D eigenvalue weighted by atomic mass is 9.88. The lowest BCUT2D eigenvalue weighted by molar-refractivity contribution is 0.588. The van der Waals surface area contributed by atoms with Gasteiger partial charge >= 0.3 is 0 Å². The van der Waals surface area contributed by atoms with E-state index in [2.05, 4.69) is 48.2 Å². The third-order valence-corrected chi connectivity index (χ3v) is 4.56. The third-order valence-electron chi connectivity index (χ3n) is 4.56. The second kappa shape index (κ2) is 6.91. The summed E-state index contributed by atoms with van der Waals surface area (Å²) in [4.78, 5) is 18.3. The Morgan fingerprint density at radius 2 is 1.74 bits per heavy atom. The minimum Gasteiger partial charge on any atom is -0.343 e. The summed E-state index contributed by atoms with van der Waals surface area (Å²) in [5, 5.41) is 4.56. The normalized spacial score (nSPS) is 14.6. The molecule has 0 fully saturated rings. The van der Waals surface area contributed by atoms with Gasteiger partial charge < -0.3 is 5.32 Å². The van der Waals surface area contributed by atoms with Crippen LogP contribution in [0.5, 0.6) is 0 Å². The van der Waals surface area contributed by atoms with Crippen LogP contribution >= 0.6 is 0 Å². The summed E-state index contributed by atoms with van der Waals surface area (Å²) in [6, 6.07) is 11.9. The molecule has 0 aliphatic carbocycles. The van der Waals surface area contributed by atoms with Gasteiger partial charge in [0.1, 0.15) is 5.82 Å². The molecule has 0 unspecified atom stereocenters. The van der Waals surface area contributed by atoms with Crippen molar-refractivity contribution in [2.45, 2.75) is 27.2 Å². The van der Waals surface area contributed by atoms with E-state index in [9.17, 15) is 0 Å². The Hall–Kier alpha value is -3.08. The van der Waals surface area contributed by atoms with Gasteiger partial charge in [0.05, 0.1) is 5.52 Å². The van der Waals surface area contributed by atoms with Gasteiger partial charge in [-0.1, -0.05) is 32.9 Å². The van der Waals surface area contributed by atoms with Gasteiger partial charge in [-0.25, -0.2) is 9.97 Å². The van der Waals surface area contributed by atoms with E-state index in [4.69, 9.17) is 9.97 Å². The summed E-state index contributed by atoms with van der Waals surface area (Å²) in [5.41, 5.74) is 4.16. The number of aliphatic imine (C=N–C) groups is 1. The van der Waals surface area contributed by atoms with Crippen molar-refractivity contribution in [1.82, 2.24) is 15.0 Å². The molecule has 27 heavy (non-hydrogen) atoms. The van der Waals surface area contributed by atoms with Crippen LogP contribution in [0.3, 0.4) is 0 Å². The lowest BCUT2D eigenvalue weighted by Gasteiger charge is -2.24. The predicted molar refractivity (Wildman–Crippen MR) is 111 cm³/mol. The summed E-state index contributed by atoms with van der Waals surface area (Å²) >= 11 is 0. The minimum atomic E-state index is 0.0310. The zero-order valence-corrected chi connectivity index (χ0v) is 15.9. The molecular weight excluding hydrogens is 334 g/mol. The van der Waals surface area contributed by atoms with E-state index in [0.29, 0.717) is 5.82 Å². The number of rotatable bonds is 3. The summed E-state index contributed by atoms with van der Waals surface area (Å²) in [6.07, 6.45) is 6.56. The van der Waals surface area contributed by atoms with Crippen LogP contribution in [-0.2, 0) is 0 Å². The molecule has 5 nitrogen and oxygen atoms in total. The Labute approximate surface area is 159 Å². The maximum atomic E-state index is 4.82. The molecule has 1 aromatic carbocycles. The SMILES string of the molecule is CC(C)(C)C1=NCCC(Nc2nc(-c3ccncc3)nc3ccccc23)=C1. The van der Waals surface area contributed by atoms with Gasteiger partial charge in [0.15, 0.2) is 5.82 Å². The molecule has 3 heterocycles. The minimum absolute atomic E-state index is 0.0310. The molecule has 0 bridgehead atoms. The second-order valence-corrected chi connectivity index (χ2v) is 7.71. The van der Waals surface area contributed by atoms with Crippen molar-refractivity contribution in [2.24, 2.45) is 10.4 Å². The molecule has 0 saturated heterocycles. The molecule has 1 aliphatic heterocycles. The van der Waals surface area contributed by atoms with Gasteiger partial charge in [-0.05, 0) is 30.3 Å². The number of benzene rings is 1. The number of anilines is 1. The van der Waals surface area contributed by atoms with Gasteiger partial charge in [-0.15, -0.1) is 0 Å². The molecule has 0 saturated carbocycles. The zero-order chi connectivity index (χ0) is 18.9. The van der Waals surface area contributed by atoms with Crippen molar-refractivity contribution in [1.29, 1.82) is 0 Å². The average molecular weight is 357 g/mol. The number of dihydropyridines is 1. The van der Waals surface area contributed by atoms with Crippen molar-refractivity contribution in [3.63, 3.8) is 0 Å². The molecule has 0 atom stereocenters. The Morgan fingerprint density at radius 3 is 2.52 bits per heavy atom. The van der Waals surface area contributed by atoms with Gasteiger partial charge in [-0.2, -0.15) is 0 Å². The number of aromatic nitrogens is 3. The fourth-order valence-electron chi connectivity index (χ4n) is 3.09. The first-order valence-electron chi connectivity index (χ1n) is 9.20. The van der Waals surface area contributed by atoms with E-state index in [1.165, 1.54) is 0 Å². The molecule has 136 valence electrons. The number of para-hydroxylation sites is 1. The number of pyridine rings is 1. The highest BCUT2D eigenvalue weighted by atomic mass is 15.0. The largest absolute Gasteiger partial charge is 0.343 e. The number of hydrogen-bond acceptors (Lipinski definition) is 5. The Morgan fingerprint density at radius 1 is 0.963 bits per heavy atom. The van der Waals surface area contributed by atoms with Crippen LogP contribution < -0.4 is 5.32 Å². The molecule has 4 rings (SSSR count). The van der Waals surface area contributed by atoms with Crippen LogP contribution in [0.1, 0.15) is 27.2 Å². The number of nitrogens with one attached hydrogen (secondary N) is 1. The highest BCUT2D eigenvalue weighted by molar-refractivity contribution is 6.01. The van der Waals surface area contributed by atoms with Crippen molar-refractivity contribution in [2.75, 3.05) is 11.9 Å². The smallest absolute Gasteiger partial charge is 0.162 e. The van der Waals surface area contributed by atoms with E-state index >= 15 is 0 Å². The van der Waals surface area contributed by atoms with Crippen molar-refractivity contribution in [3.05, 3.63) is 60.6 Å². The third kappa shape index (κ3) is 3.72. The van der Waals surface area contributed by atoms with Crippen LogP contribution in [0.2, 0.25) is 0 Å². The Balaban J connectivity index is 1.77. The molecule has 1 N–H and O–H groups in total. The fraction of sp³-hybridized carbons (Fsp3) is 0.273. The van der Waals surface area contributed by atoms with E-state index in [1.54, 1.807) is 12.4 Å². The van der Waals surface area contributed by atoms with Gasteiger partial charge in [0.2, 0.25) is 0 Å². The van der Waals surface area contributed by atoms with Gasteiger partial charge in [0.25, 0.3) is 0 Å². The molecular formula is C22H23N5. The Kier molecular flexibility index (Phi) is 4.44. The average Bonchev–Trinajstić information content (AvgIpc) is 2.68. The zero-order valence-electron chi connectivity index (χ0n) is 15.9. The van der Waals surface area contributed by atoms with E-state index in [-0.39, 0.29) is 5.41 Å². The summed E-state index contributed by atoms with van der Waals surface area (Å²) in [6.45, 7) is 7.36. The van der Waals surface area contributed by atoms with Crippen LogP contribution in [0.25, 0.3) is 22.3 Å². The molecule has 5 heteroatoms. The second-order valence-electron chi connectivity index (χ2n) is 7.71. The topological polar surface area (TPSA) is 63.1 Å². The van der Waals surface area contributed by atoms with Crippen molar-refractivity contribution < 1.29 is 0 Å². The lowest BCUT2D eigenvalue weighted by Crippen LogP contribution is -2.23. The van der Waals surface area contributed by atoms with Crippen molar-refractivity contribution in [3.8, 4) is 11.4 Å². The Bertz CT molecular complexity index is 1030. The molecule has 0 spiro atoms. The fourth-order valence-corrected chi connectivity index (χ4v) is 3.09. The quantitative estimate of drug-likeness (QED) is 0.726. The monoisotopic (exact) mass is 357 g/mol. The molecule has 0 amide bonds. The molecule has 1 aliphatic rings. The number of allylic oxidation sites excluding steroid dienone is 1. The van der Waals surface area contributed by atoms with Crippen molar-refractivity contribution >= 4 is 22.4 Å². The van der Waals surface area contributed by atoms with Gasteiger partial charge in [0, 0.05) is 53.1 Å². The van der Waals surface area contributed by atoms with E-state index in [0.717, 1.165) is 46.7 Å². The number of nitrogens with zero attached hydrogens (tertiary/aromatic N) is 4. The summed E-state index contributed by atoms with van der Waals surface area (Å²) in [7, 11) is 0. The van der Waals surface area contributed by atoms with Crippen LogP contribution in [-0.4, -0.2) is 27.2 Å². The first kappa shape index (κ1) is 17.3. The molecule has 3 aromatic rings. The van der Waals surface area contributed by atoms with Crippen LogP contribution in [0.15, 0.2) is 65.6 Å². The highest BCUT2D eigenvalue weighted by Crippen LogP contribution is 2.28. The maximum absolute atomic E-state index is 4.82. The molecule has 0 radical (unpaired) electrons. The summed E-state index contributed by atoms with van der Waals surface area (Å²) in [5.74, 6) is 1.52. The predicted octanol–water partition coefficient (Wildman–Crippen LogP) is 4.88. The van der Waals surface area contributed by atoms with E-state index < -0.39 is 0 Å². The first-order chi connectivity index (χ1) is 13.0. The van der Waals surface area contributed by atoms with E-state index in [1.807, 2.05) is 30.3 Å². The summed E-state index contributed by atoms with van der Waals surface area (Å²) < 4.78 is 0. The van der Waals surface area contributed by atoms with Crippen LogP contribution in [0.4, 0.5) is 5.82 Å². The number of hydrogen-bond donors (Lipinski definition) is 1. The standard InChI is InChI=1S/C22H23N5/c1-22(2,3)19-14-16(10-13-24-19)25-21-17-6-4-5-7-18(17)26-20(27-21)15-8-11-23-12-9-15/h4-9,11-12,14H,10,13H2,1-3H3,(H,25,26,27). The maximum Gasteiger partial charge on any atom is 0.162 e. The van der Waals surface area contributed by atoms with Gasteiger partial charge in [-0.3, -0.25) is 9.98 Å². The highest BCUT2D eigenvalue weighted by Gasteiger charge is 2.20. The molecule has 2 aromatic heterocycles.